The number of hydrogen-bond donors (Lipinski definition) is 1. The van der Waals surface area contributed by atoms with Gasteiger partial charge >= 0.3 is 0 Å². The summed E-state index contributed by atoms with van der Waals surface area (Å²) in [4.78, 5) is 12.3. The van der Waals surface area contributed by atoms with E-state index in [1.165, 1.54) is 16.4 Å². The molecule has 0 spiro atoms. The molecule has 0 atom stereocenters. The van der Waals surface area contributed by atoms with Gasteiger partial charge in [0.2, 0.25) is 10.0 Å². The summed E-state index contributed by atoms with van der Waals surface area (Å²) in [6.45, 7) is 8.22. The lowest BCUT2D eigenvalue weighted by Crippen LogP contribution is -2.30. The van der Waals surface area contributed by atoms with Gasteiger partial charge in [-0.15, -0.1) is 0 Å². The Morgan fingerprint density at radius 2 is 1.56 bits per heavy atom. The van der Waals surface area contributed by atoms with Gasteiger partial charge in [-0.3, -0.25) is 4.79 Å². The number of ether oxygens (including phenoxy) is 1. The predicted octanol–water partition coefficient (Wildman–Crippen LogP) is 3.35. The smallest absolute Gasteiger partial charge is 0.262 e. The Labute approximate surface area is 161 Å². The van der Waals surface area contributed by atoms with Crippen molar-refractivity contribution in [3.63, 3.8) is 0 Å². The molecule has 0 fully saturated rings. The molecular weight excluding hydrogens is 364 g/mol. The van der Waals surface area contributed by atoms with E-state index in [4.69, 9.17) is 4.74 Å². The van der Waals surface area contributed by atoms with Gasteiger partial charge in [0.05, 0.1) is 4.90 Å². The van der Waals surface area contributed by atoms with Crippen LogP contribution in [0, 0.1) is 13.8 Å². The molecule has 0 aromatic heterocycles. The maximum Gasteiger partial charge on any atom is 0.262 e. The van der Waals surface area contributed by atoms with Crippen LogP contribution in [0.25, 0.3) is 0 Å². The third-order valence-corrected chi connectivity index (χ3v) is 6.11. The number of carbonyl (C=O) groups is 1. The van der Waals surface area contributed by atoms with Gasteiger partial charge in [0, 0.05) is 18.8 Å². The van der Waals surface area contributed by atoms with Crippen molar-refractivity contribution in [2.45, 2.75) is 32.6 Å². The maximum atomic E-state index is 12.5. The third-order valence-electron chi connectivity index (χ3n) is 4.05. The van der Waals surface area contributed by atoms with Gasteiger partial charge in [-0.1, -0.05) is 19.9 Å². The molecule has 146 valence electrons. The molecule has 27 heavy (non-hydrogen) atoms. The van der Waals surface area contributed by atoms with E-state index < -0.39 is 10.0 Å². The molecule has 2 rings (SSSR count). The number of amides is 1. The quantitative estimate of drug-likeness (QED) is 0.750. The summed E-state index contributed by atoms with van der Waals surface area (Å²) in [5, 5.41) is 2.70. The molecule has 0 heterocycles. The van der Waals surface area contributed by atoms with Crippen molar-refractivity contribution in [1.82, 2.24) is 4.31 Å². The number of aryl methyl sites for hydroxylation is 2. The Balaban J connectivity index is 1.98. The first-order valence-electron chi connectivity index (χ1n) is 8.87. The Morgan fingerprint density at radius 1 is 1.00 bits per heavy atom. The highest BCUT2D eigenvalue weighted by Gasteiger charge is 2.21. The Morgan fingerprint density at radius 3 is 2.07 bits per heavy atom. The number of carbonyl (C=O) groups excluding carboxylic acids is 1. The molecule has 2 aromatic rings. The van der Waals surface area contributed by atoms with Crippen LogP contribution in [-0.2, 0) is 14.8 Å². The SMILES string of the molecule is CCN(CC)S(=O)(=O)c1ccc(NC(=O)COc2cc(C)cc(C)c2)cc1. The van der Waals surface area contributed by atoms with E-state index in [-0.39, 0.29) is 17.4 Å². The molecule has 0 radical (unpaired) electrons. The summed E-state index contributed by atoms with van der Waals surface area (Å²) in [5.74, 6) is 0.330. The minimum atomic E-state index is -3.50. The molecule has 0 bridgehead atoms. The summed E-state index contributed by atoms with van der Waals surface area (Å²) < 4.78 is 31.8. The van der Waals surface area contributed by atoms with Crippen LogP contribution in [-0.4, -0.2) is 38.3 Å². The first-order valence-corrected chi connectivity index (χ1v) is 10.3. The second kappa shape index (κ2) is 9.01. The normalized spacial score (nSPS) is 11.4. The van der Waals surface area contributed by atoms with Crippen LogP contribution >= 0.6 is 0 Å². The van der Waals surface area contributed by atoms with Crippen LogP contribution in [0.1, 0.15) is 25.0 Å². The highest BCUT2D eigenvalue weighted by molar-refractivity contribution is 7.89. The zero-order chi connectivity index (χ0) is 20.0. The zero-order valence-electron chi connectivity index (χ0n) is 16.2. The summed E-state index contributed by atoms with van der Waals surface area (Å²) >= 11 is 0. The third kappa shape index (κ3) is 5.55. The van der Waals surface area contributed by atoms with Crippen LogP contribution in [0.15, 0.2) is 47.4 Å². The first-order chi connectivity index (χ1) is 12.8. The molecule has 0 saturated carbocycles. The second-order valence-electron chi connectivity index (χ2n) is 6.27. The van der Waals surface area contributed by atoms with E-state index in [1.807, 2.05) is 32.0 Å². The van der Waals surface area contributed by atoms with Crippen LogP contribution in [0.2, 0.25) is 0 Å². The number of nitrogens with one attached hydrogen (secondary N) is 1. The number of benzene rings is 2. The van der Waals surface area contributed by atoms with E-state index in [2.05, 4.69) is 5.32 Å². The minimum absolute atomic E-state index is 0.123. The minimum Gasteiger partial charge on any atom is -0.484 e. The molecule has 0 aliphatic rings. The maximum absolute atomic E-state index is 12.5. The van der Waals surface area contributed by atoms with Crippen LogP contribution < -0.4 is 10.1 Å². The molecule has 1 N–H and O–H groups in total. The number of anilines is 1. The summed E-state index contributed by atoms with van der Waals surface area (Å²) in [5.41, 5.74) is 2.65. The lowest BCUT2D eigenvalue weighted by molar-refractivity contribution is -0.118. The highest BCUT2D eigenvalue weighted by atomic mass is 32.2. The standard InChI is InChI=1S/C20H26N2O4S/c1-5-22(6-2)27(24,25)19-9-7-17(8-10-19)21-20(23)14-26-18-12-15(3)11-16(4)13-18/h7-13H,5-6,14H2,1-4H3,(H,21,23). The molecule has 1 amide bonds. The van der Waals surface area contributed by atoms with Gasteiger partial charge in [0.25, 0.3) is 5.91 Å². The van der Waals surface area contributed by atoms with E-state index in [0.29, 0.717) is 24.5 Å². The van der Waals surface area contributed by atoms with E-state index in [0.717, 1.165) is 11.1 Å². The van der Waals surface area contributed by atoms with Crippen LogP contribution in [0.3, 0.4) is 0 Å². The fourth-order valence-corrected chi connectivity index (χ4v) is 4.24. The van der Waals surface area contributed by atoms with Gasteiger partial charge in [-0.05, 0) is 61.4 Å². The first kappa shape index (κ1) is 20.9. The Hall–Kier alpha value is -2.38. The average molecular weight is 391 g/mol. The predicted molar refractivity (Wildman–Crippen MR) is 107 cm³/mol. The van der Waals surface area contributed by atoms with Gasteiger partial charge in [0.15, 0.2) is 6.61 Å². The zero-order valence-corrected chi connectivity index (χ0v) is 17.0. The summed E-state index contributed by atoms with van der Waals surface area (Å²) in [6, 6.07) is 11.9. The largest absolute Gasteiger partial charge is 0.484 e. The van der Waals surface area contributed by atoms with E-state index >= 15 is 0 Å². The lowest BCUT2D eigenvalue weighted by Gasteiger charge is -2.18. The van der Waals surface area contributed by atoms with E-state index in [1.54, 1.807) is 26.0 Å². The number of rotatable bonds is 8. The van der Waals surface area contributed by atoms with Crippen LogP contribution in [0.5, 0.6) is 5.75 Å². The van der Waals surface area contributed by atoms with Crippen molar-refractivity contribution < 1.29 is 17.9 Å². The second-order valence-corrected chi connectivity index (χ2v) is 8.21. The van der Waals surface area contributed by atoms with Crippen molar-refractivity contribution in [3.8, 4) is 5.75 Å². The summed E-state index contributed by atoms with van der Waals surface area (Å²) in [6.07, 6.45) is 0. The molecule has 0 aliphatic carbocycles. The topological polar surface area (TPSA) is 75.7 Å². The van der Waals surface area contributed by atoms with E-state index in [9.17, 15) is 13.2 Å². The van der Waals surface area contributed by atoms with Crippen molar-refractivity contribution in [1.29, 1.82) is 0 Å². The van der Waals surface area contributed by atoms with Crippen molar-refractivity contribution >= 4 is 21.6 Å². The van der Waals surface area contributed by atoms with Crippen molar-refractivity contribution in [3.05, 3.63) is 53.6 Å². The number of sulfonamides is 1. The molecular formula is C20H26N2O4S. The fourth-order valence-electron chi connectivity index (χ4n) is 2.79. The molecule has 6 nitrogen and oxygen atoms in total. The molecule has 0 saturated heterocycles. The van der Waals surface area contributed by atoms with Gasteiger partial charge in [-0.2, -0.15) is 4.31 Å². The molecule has 0 aliphatic heterocycles. The van der Waals surface area contributed by atoms with Gasteiger partial charge in [-0.25, -0.2) is 8.42 Å². The Bertz CT molecular complexity index is 868. The number of nitrogens with zero attached hydrogens (tertiary/aromatic N) is 1. The van der Waals surface area contributed by atoms with Crippen LogP contribution in [0.4, 0.5) is 5.69 Å². The number of hydrogen-bond acceptors (Lipinski definition) is 4. The molecule has 7 heteroatoms. The van der Waals surface area contributed by atoms with Gasteiger partial charge < -0.3 is 10.1 Å². The fraction of sp³-hybridized carbons (Fsp3) is 0.350. The van der Waals surface area contributed by atoms with Crippen molar-refractivity contribution in [2.75, 3.05) is 25.0 Å². The average Bonchev–Trinajstić information content (AvgIpc) is 2.60. The highest BCUT2D eigenvalue weighted by Crippen LogP contribution is 2.19. The summed E-state index contributed by atoms with van der Waals surface area (Å²) in [7, 11) is -3.50. The molecule has 2 aromatic carbocycles. The Kier molecular flexibility index (Phi) is 6.98. The van der Waals surface area contributed by atoms with Crippen molar-refractivity contribution in [2.24, 2.45) is 0 Å². The lowest BCUT2D eigenvalue weighted by atomic mass is 10.1. The monoisotopic (exact) mass is 390 g/mol. The molecule has 0 unspecified atom stereocenters. The van der Waals surface area contributed by atoms with Gasteiger partial charge in [0.1, 0.15) is 5.75 Å².